The SMILES string of the molecule is COC(=O)N1C2CCC1CC(CO)C2. The summed E-state index contributed by atoms with van der Waals surface area (Å²) in [7, 11) is 1.43. The van der Waals surface area contributed by atoms with Crippen LogP contribution in [-0.4, -0.2) is 41.9 Å². The molecule has 0 spiro atoms. The number of nitrogens with zero attached hydrogens (tertiary/aromatic N) is 1. The Kier molecular flexibility index (Phi) is 2.63. The molecule has 2 bridgehead atoms. The molecular weight excluding hydrogens is 182 g/mol. The molecule has 2 atom stereocenters. The minimum atomic E-state index is -0.200. The van der Waals surface area contributed by atoms with E-state index in [9.17, 15) is 4.79 Å². The van der Waals surface area contributed by atoms with E-state index in [1.54, 1.807) is 0 Å². The van der Waals surface area contributed by atoms with Crippen molar-refractivity contribution < 1.29 is 14.6 Å². The molecule has 2 fully saturated rings. The van der Waals surface area contributed by atoms with Gasteiger partial charge in [-0.3, -0.25) is 0 Å². The van der Waals surface area contributed by atoms with Crippen molar-refractivity contribution in [1.29, 1.82) is 0 Å². The molecule has 2 aliphatic rings. The first kappa shape index (κ1) is 9.77. The third-order valence-electron chi connectivity index (χ3n) is 3.47. The second kappa shape index (κ2) is 3.77. The van der Waals surface area contributed by atoms with Gasteiger partial charge in [0.15, 0.2) is 0 Å². The fourth-order valence-electron chi connectivity index (χ4n) is 2.84. The van der Waals surface area contributed by atoms with Crippen LogP contribution >= 0.6 is 0 Å². The number of piperidine rings is 1. The quantitative estimate of drug-likeness (QED) is 0.685. The van der Waals surface area contributed by atoms with Crippen LogP contribution in [0.2, 0.25) is 0 Å². The van der Waals surface area contributed by atoms with E-state index in [1.165, 1.54) is 7.11 Å². The van der Waals surface area contributed by atoms with Crippen molar-refractivity contribution in [2.45, 2.75) is 37.8 Å². The third-order valence-corrected chi connectivity index (χ3v) is 3.47. The lowest BCUT2D eigenvalue weighted by molar-refractivity contribution is 0.0570. The van der Waals surface area contributed by atoms with Crippen LogP contribution in [0.15, 0.2) is 0 Å². The summed E-state index contributed by atoms with van der Waals surface area (Å²) in [4.78, 5) is 13.3. The van der Waals surface area contributed by atoms with Crippen molar-refractivity contribution in [2.75, 3.05) is 13.7 Å². The molecular formula is C10H17NO3. The number of fused-ring (bicyclic) bond motifs is 2. The van der Waals surface area contributed by atoms with Crippen molar-refractivity contribution in [3.63, 3.8) is 0 Å². The maximum atomic E-state index is 11.5. The number of carbonyl (C=O) groups is 1. The standard InChI is InChI=1S/C10H17NO3/c1-14-10(13)11-8-2-3-9(11)5-7(4-8)6-12/h7-9,12H,2-6H2,1H3. The molecule has 4 heteroatoms. The number of hydrogen-bond acceptors (Lipinski definition) is 3. The summed E-state index contributed by atoms with van der Waals surface area (Å²) in [6.07, 6.45) is 3.80. The zero-order valence-electron chi connectivity index (χ0n) is 8.48. The lowest BCUT2D eigenvalue weighted by atomic mass is 9.92. The van der Waals surface area contributed by atoms with Crippen LogP contribution in [0, 0.1) is 5.92 Å². The molecule has 14 heavy (non-hydrogen) atoms. The predicted molar refractivity (Wildman–Crippen MR) is 50.9 cm³/mol. The van der Waals surface area contributed by atoms with Crippen molar-refractivity contribution in [3.8, 4) is 0 Å². The van der Waals surface area contributed by atoms with Gasteiger partial charge in [-0.25, -0.2) is 4.79 Å². The minimum Gasteiger partial charge on any atom is -0.453 e. The van der Waals surface area contributed by atoms with Gasteiger partial charge in [-0.2, -0.15) is 0 Å². The van der Waals surface area contributed by atoms with E-state index in [0.717, 1.165) is 25.7 Å². The molecule has 0 aliphatic carbocycles. The van der Waals surface area contributed by atoms with Crippen LogP contribution in [0.25, 0.3) is 0 Å². The predicted octanol–water partition coefficient (Wildman–Crippen LogP) is 0.988. The first-order valence-corrected chi connectivity index (χ1v) is 5.23. The van der Waals surface area contributed by atoms with Crippen LogP contribution in [0.4, 0.5) is 4.79 Å². The molecule has 0 aromatic carbocycles. The number of amides is 1. The van der Waals surface area contributed by atoms with Crippen LogP contribution < -0.4 is 0 Å². The minimum absolute atomic E-state index is 0.200. The normalized spacial score (nSPS) is 35.9. The molecule has 2 rings (SSSR count). The van der Waals surface area contributed by atoms with Crippen molar-refractivity contribution >= 4 is 6.09 Å². The summed E-state index contributed by atoms with van der Waals surface area (Å²) in [5.74, 6) is 0.383. The smallest absolute Gasteiger partial charge is 0.409 e. The molecule has 2 heterocycles. The van der Waals surface area contributed by atoms with E-state index in [2.05, 4.69) is 0 Å². The van der Waals surface area contributed by atoms with Gasteiger partial charge in [0, 0.05) is 18.7 Å². The molecule has 0 aromatic heterocycles. The van der Waals surface area contributed by atoms with Gasteiger partial charge in [0.05, 0.1) is 7.11 Å². The Hall–Kier alpha value is -0.770. The maximum Gasteiger partial charge on any atom is 0.409 e. The summed E-state index contributed by atoms with van der Waals surface area (Å²) in [5, 5.41) is 9.10. The second-order valence-electron chi connectivity index (χ2n) is 4.28. The zero-order chi connectivity index (χ0) is 10.1. The lowest BCUT2D eigenvalue weighted by Crippen LogP contribution is -2.47. The first-order valence-electron chi connectivity index (χ1n) is 5.23. The number of ether oxygens (including phenoxy) is 1. The largest absolute Gasteiger partial charge is 0.453 e. The highest BCUT2D eigenvalue weighted by Gasteiger charge is 2.43. The van der Waals surface area contributed by atoms with E-state index in [1.807, 2.05) is 4.90 Å². The zero-order valence-corrected chi connectivity index (χ0v) is 8.48. The molecule has 2 unspecified atom stereocenters. The third kappa shape index (κ3) is 1.47. The van der Waals surface area contributed by atoms with E-state index < -0.39 is 0 Å². The van der Waals surface area contributed by atoms with Crippen LogP contribution in [-0.2, 0) is 4.74 Å². The Balaban J connectivity index is 2.06. The van der Waals surface area contributed by atoms with E-state index >= 15 is 0 Å². The van der Waals surface area contributed by atoms with Gasteiger partial charge in [0.25, 0.3) is 0 Å². The van der Waals surface area contributed by atoms with Gasteiger partial charge in [-0.15, -0.1) is 0 Å². The fourth-order valence-corrected chi connectivity index (χ4v) is 2.84. The molecule has 2 aliphatic heterocycles. The summed E-state index contributed by atoms with van der Waals surface area (Å²) < 4.78 is 4.76. The molecule has 0 radical (unpaired) electrons. The number of aliphatic hydroxyl groups excluding tert-OH is 1. The van der Waals surface area contributed by atoms with Crippen LogP contribution in [0.1, 0.15) is 25.7 Å². The van der Waals surface area contributed by atoms with Gasteiger partial charge in [0.1, 0.15) is 0 Å². The number of rotatable bonds is 1. The Bertz CT molecular complexity index is 217. The number of hydrogen-bond donors (Lipinski definition) is 1. The highest BCUT2D eigenvalue weighted by atomic mass is 16.5. The van der Waals surface area contributed by atoms with E-state index in [0.29, 0.717) is 18.0 Å². The molecule has 4 nitrogen and oxygen atoms in total. The summed E-state index contributed by atoms with van der Waals surface area (Å²) in [5.41, 5.74) is 0. The molecule has 0 saturated carbocycles. The van der Waals surface area contributed by atoms with Gasteiger partial charge < -0.3 is 14.7 Å². The van der Waals surface area contributed by atoms with Gasteiger partial charge in [-0.1, -0.05) is 0 Å². The Labute approximate surface area is 83.8 Å². The Morgan fingerprint density at radius 2 is 2.00 bits per heavy atom. The maximum absolute atomic E-state index is 11.5. The molecule has 1 N–H and O–H groups in total. The van der Waals surface area contributed by atoms with Crippen LogP contribution in [0.3, 0.4) is 0 Å². The van der Waals surface area contributed by atoms with E-state index in [4.69, 9.17) is 9.84 Å². The molecule has 0 aromatic rings. The Morgan fingerprint density at radius 3 is 2.43 bits per heavy atom. The van der Waals surface area contributed by atoms with Gasteiger partial charge in [0.2, 0.25) is 0 Å². The highest BCUT2D eigenvalue weighted by Crippen LogP contribution is 2.38. The average Bonchev–Trinajstić information content (AvgIpc) is 2.48. The first-order chi connectivity index (χ1) is 6.76. The summed E-state index contributed by atoms with van der Waals surface area (Å²) >= 11 is 0. The summed E-state index contributed by atoms with van der Waals surface area (Å²) in [6, 6.07) is 0.608. The Morgan fingerprint density at radius 1 is 1.43 bits per heavy atom. The topological polar surface area (TPSA) is 49.8 Å². The lowest BCUT2D eigenvalue weighted by Gasteiger charge is -2.37. The number of carbonyl (C=O) groups excluding carboxylic acids is 1. The molecule has 80 valence electrons. The monoisotopic (exact) mass is 199 g/mol. The fraction of sp³-hybridized carbons (Fsp3) is 0.900. The van der Waals surface area contributed by atoms with E-state index in [-0.39, 0.29) is 12.7 Å². The molecule has 1 amide bonds. The van der Waals surface area contributed by atoms with Crippen molar-refractivity contribution in [2.24, 2.45) is 5.92 Å². The van der Waals surface area contributed by atoms with Gasteiger partial charge in [-0.05, 0) is 31.6 Å². The summed E-state index contributed by atoms with van der Waals surface area (Å²) in [6.45, 7) is 0.252. The number of aliphatic hydroxyl groups is 1. The second-order valence-corrected chi connectivity index (χ2v) is 4.28. The van der Waals surface area contributed by atoms with Crippen molar-refractivity contribution in [3.05, 3.63) is 0 Å². The average molecular weight is 199 g/mol. The molecule has 2 saturated heterocycles. The van der Waals surface area contributed by atoms with Crippen LogP contribution in [0.5, 0.6) is 0 Å². The highest BCUT2D eigenvalue weighted by molar-refractivity contribution is 5.69. The van der Waals surface area contributed by atoms with Crippen molar-refractivity contribution in [1.82, 2.24) is 4.90 Å². The number of methoxy groups -OCH3 is 1. The van der Waals surface area contributed by atoms with Gasteiger partial charge >= 0.3 is 6.09 Å².